The zero-order valence-electron chi connectivity index (χ0n) is 13.2. The van der Waals surface area contributed by atoms with Gasteiger partial charge < -0.3 is 4.74 Å². The monoisotopic (exact) mass is 335 g/mol. The highest BCUT2D eigenvalue weighted by Gasteiger charge is 2.48. The van der Waals surface area contributed by atoms with E-state index in [2.05, 4.69) is 0 Å². The Morgan fingerprint density at radius 3 is 2.74 bits per heavy atom. The van der Waals surface area contributed by atoms with Gasteiger partial charge in [-0.25, -0.2) is 8.42 Å². The van der Waals surface area contributed by atoms with Crippen molar-refractivity contribution in [3.63, 3.8) is 0 Å². The SMILES string of the molecule is C[C@@H]1CC(=O)C[C@H](C2CC2)N1S(=O)(=O)c1cccc2c1OCC2. The van der Waals surface area contributed by atoms with Gasteiger partial charge in [0.05, 0.1) is 6.61 Å². The molecule has 1 aliphatic carbocycles. The topological polar surface area (TPSA) is 63.7 Å². The molecule has 4 rings (SSSR count). The first-order valence-corrected chi connectivity index (χ1v) is 9.72. The third-order valence-electron chi connectivity index (χ3n) is 5.12. The molecule has 3 aliphatic rings. The van der Waals surface area contributed by atoms with Gasteiger partial charge in [-0.1, -0.05) is 12.1 Å². The lowest BCUT2D eigenvalue weighted by atomic mass is 9.95. The van der Waals surface area contributed by atoms with Gasteiger partial charge in [0.1, 0.15) is 16.4 Å². The van der Waals surface area contributed by atoms with E-state index in [4.69, 9.17) is 4.74 Å². The molecule has 5 nitrogen and oxygen atoms in total. The predicted molar refractivity (Wildman–Crippen MR) is 84.9 cm³/mol. The smallest absolute Gasteiger partial charge is 0.247 e. The number of Topliss-reactive ketones (excluding diaryl/α,β-unsaturated/α-hetero) is 1. The second kappa shape index (κ2) is 5.31. The third kappa shape index (κ3) is 2.48. The highest BCUT2D eigenvalue weighted by molar-refractivity contribution is 7.89. The van der Waals surface area contributed by atoms with Crippen molar-refractivity contribution < 1.29 is 17.9 Å². The van der Waals surface area contributed by atoms with Crippen LogP contribution < -0.4 is 4.74 Å². The van der Waals surface area contributed by atoms with Crippen LogP contribution >= 0.6 is 0 Å². The van der Waals surface area contributed by atoms with Gasteiger partial charge in [0.15, 0.2) is 0 Å². The molecule has 0 aromatic heterocycles. The largest absolute Gasteiger partial charge is 0.492 e. The van der Waals surface area contributed by atoms with Crippen molar-refractivity contribution in [2.24, 2.45) is 5.92 Å². The molecule has 2 aliphatic heterocycles. The van der Waals surface area contributed by atoms with Gasteiger partial charge in [0.25, 0.3) is 0 Å². The average molecular weight is 335 g/mol. The number of carbonyl (C=O) groups is 1. The van der Waals surface area contributed by atoms with E-state index < -0.39 is 10.0 Å². The van der Waals surface area contributed by atoms with Crippen LogP contribution in [0.2, 0.25) is 0 Å². The quantitative estimate of drug-likeness (QED) is 0.849. The van der Waals surface area contributed by atoms with E-state index >= 15 is 0 Å². The summed E-state index contributed by atoms with van der Waals surface area (Å²) in [6.07, 6.45) is 3.43. The van der Waals surface area contributed by atoms with Crippen LogP contribution in [0.3, 0.4) is 0 Å². The molecular weight excluding hydrogens is 314 g/mol. The number of fused-ring (bicyclic) bond motifs is 1. The summed E-state index contributed by atoms with van der Waals surface area (Å²) in [5.41, 5.74) is 0.954. The molecule has 0 radical (unpaired) electrons. The fraction of sp³-hybridized carbons (Fsp3) is 0.588. The third-order valence-corrected chi connectivity index (χ3v) is 7.18. The highest BCUT2D eigenvalue weighted by atomic mass is 32.2. The van der Waals surface area contributed by atoms with Crippen LogP contribution in [0.4, 0.5) is 0 Å². The van der Waals surface area contributed by atoms with E-state index in [1.54, 1.807) is 16.4 Å². The first kappa shape index (κ1) is 15.1. The van der Waals surface area contributed by atoms with E-state index in [-0.39, 0.29) is 22.8 Å². The van der Waals surface area contributed by atoms with Crippen LogP contribution in [0.1, 0.15) is 38.2 Å². The van der Waals surface area contributed by atoms with Crippen molar-refractivity contribution in [2.45, 2.75) is 56.0 Å². The molecule has 1 aromatic carbocycles. The molecule has 0 amide bonds. The van der Waals surface area contributed by atoms with Gasteiger partial charge >= 0.3 is 0 Å². The van der Waals surface area contributed by atoms with Gasteiger partial charge in [-0.05, 0) is 37.3 Å². The zero-order chi connectivity index (χ0) is 16.2. The number of rotatable bonds is 3. The number of hydrogen-bond acceptors (Lipinski definition) is 4. The number of nitrogens with zero attached hydrogens (tertiary/aromatic N) is 1. The number of para-hydroxylation sites is 1. The maximum absolute atomic E-state index is 13.3. The number of piperidine rings is 1. The minimum Gasteiger partial charge on any atom is -0.492 e. The van der Waals surface area contributed by atoms with Crippen molar-refractivity contribution in [2.75, 3.05) is 6.61 Å². The van der Waals surface area contributed by atoms with Gasteiger partial charge in [-0.3, -0.25) is 4.79 Å². The molecule has 0 spiro atoms. The van der Waals surface area contributed by atoms with Gasteiger partial charge in [-0.2, -0.15) is 4.31 Å². The first-order valence-electron chi connectivity index (χ1n) is 8.28. The summed E-state index contributed by atoms with van der Waals surface area (Å²) < 4.78 is 33.9. The lowest BCUT2D eigenvalue weighted by molar-refractivity contribution is -0.123. The maximum atomic E-state index is 13.3. The first-order chi connectivity index (χ1) is 11.0. The molecule has 124 valence electrons. The second-order valence-electron chi connectivity index (χ2n) is 6.88. The Morgan fingerprint density at radius 2 is 2.00 bits per heavy atom. The summed E-state index contributed by atoms with van der Waals surface area (Å²) in [4.78, 5) is 12.2. The van der Waals surface area contributed by atoms with E-state index in [1.807, 2.05) is 13.0 Å². The lowest BCUT2D eigenvalue weighted by Crippen LogP contribution is -2.52. The van der Waals surface area contributed by atoms with Crippen molar-refractivity contribution in [3.8, 4) is 5.75 Å². The molecule has 2 fully saturated rings. The van der Waals surface area contributed by atoms with E-state index in [0.29, 0.717) is 31.1 Å². The standard InChI is InChI=1S/C17H21NO4S/c1-11-9-14(19)10-15(12-5-6-12)18(11)23(20,21)16-4-2-3-13-7-8-22-17(13)16/h2-4,11-12,15H,5-10H2,1H3/t11-,15-/m1/s1. The Bertz CT molecular complexity index is 754. The molecule has 0 unspecified atom stereocenters. The van der Waals surface area contributed by atoms with E-state index in [0.717, 1.165) is 24.8 Å². The fourth-order valence-corrected chi connectivity index (χ4v) is 5.98. The summed E-state index contributed by atoms with van der Waals surface area (Å²) >= 11 is 0. The summed E-state index contributed by atoms with van der Waals surface area (Å²) in [6.45, 7) is 2.37. The van der Waals surface area contributed by atoms with Crippen LogP contribution in [0.15, 0.2) is 23.1 Å². The zero-order valence-corrected chi connectivity index (χ0v) is 14.0. The normalized spacial score (nSPS) is 28.5. The Labute approximate surface area is 136 Å². The average Bonchev–Trinajstić information content (AvgIpc) is 3.22. The molecule has 1 saturated carbocycles. The molecule has 0 N–H and O–H groups in total. The van der Waals surface area contributed by atoms with Crippen LogP contribution in [0, 0.1) is 5.92 Å². The Morgan fingerprint density at radius 1 is 1.22 bits per heavy atom. The molecule has 2 atom stereocenters. The van der Waals surface area contributed by atoms with Gasteiger partial charge in [0, 0.05) is 31.3 Å². The van der Waals surface area contributed by atoms with Crippen LogP contribution in [-0.4, -0.2) is 37.2 Å². The molecule has 0 bridgehead atoms. The number of benzene rings is 1. The number of hydrogen-bond donors (Lipinski definition) is 0. The summed E-state index contributed by atoms with van der Waals surface area (Å²) in [6, 6.07) is 4.86. The summed E-state index contributed by atoms with van der Waals surface area (Å²) in [5.74, 6) is 1.01. The molecule has 1 aromatic rings. The summed E-state index contributed by atoms with van der Waals surface area (Å²) in [5, 5.41) is 0. The molecule has 6 heteroatoms. The van der Waals surface area contributed by atoms with Crippen molar-refractivity contribution >= 4 is 15.8 Å². The Balaban J connectivity index is 1.78. The molecule has 2 heterocycles. The molecule has 23 heavy (non-hydrogen) atoms. The van der Waals surface area contributed by atoms with Crippen molar-refractivity contribution in [1.29, 1.82) is 0 Å². The van der Waals surface area contributed by atoms with Crippen LogP contribution in [0.5, 0.6) is 5.75 Å². The van der Waals surface area contributed by atoms with E-state index in [1.165, 1.54) is 0 Å². The molecular formula is C17H21NO4S. The number of ether oxygens (including phenoxy) is 1. The number of sulfonamides is 1. The molecule has 1 saturated heterocycles. The summed E-state index contributed by atoms with van der Waals surface area (Å²) in [7, 11) is -3.66. The van der Waals surface area contributed by atoms with Gasteiger partial charge in [-0.15, -0.1) is 0 Å². The second-order valence-corrected chi connectivity index (χ2v) is 8.69. The highest BCUT2D eigenvalue weighted by Crippen LogP contribution is 2.44. The number of ketones is 1. The van der Waals surface area contributed by atoms with E-state index in [9.17, 15) is 13.2 Å². The minimum absolute atomic E-state index is 0.176. The fourth-order valence-electron chi connectivity index (χ4n) is 3.93. The minimum atomic E-state index is -3.66. The Hall–Kier alpha value is -1.40. The van der Waals surface area contributed by atoms with Crippen molar-refractivity contribution in [3.05, 3.63) is 23.8 Å². The Kier molecular flexibility index (Phi) is 3.50. The maximum Gasteiger partial charge on any atom is 0.247 e. The predicted octanol–water partition coefficient (Wildman–Crippen LogP) is 2.14. The number of carbonyl (C=O) groups excluding carboxylic acids is 1. The lowest BCUT2D eigenvalue weighted by Gasteiger charge is -2.39. The van der Waals surface area contributed by atoms with Crippen LogP contribution in [-0.2, 0) is 21.2 Å². The van der Waals surface area contributed by atoms with Crippen LogP contribution in [0.25, 0.3) is 0 Å². The van der Waals surface area contributed by atoms with Gasteiger partial charge in [0.2, 0.25) is 10.0 Å². The van der Waals surface area contributed by atoms with Crippen molar-refractivity contribution in [1.82, 2.24) is 4.31 Å².